The average molecular weight is 223 g/mol. The Hall–Kier alpha value is -1.65. The van der Waals surface area contributed by atoms with E-state index in [9.17, 15) is 10.1 Å². The summed E-state index contributed by atoms with van der Waals surface area (Å²) in [6, 6.07) is 3.21. The van der Waals surface area contributed by atoms with Gasteiger partial charge in [0.2, 0.25) is 0 Å². The molecule has 1 rings (SSSR count). The van der Waals surface area contributed by atoms with Gasteiger partial charge in [-0.15, -0.1) is 0 Å². The lowest BCUT2D eigenvalue weighted by molar-refractivity contribution is -0.389. The van der Waals surface area contributed by atoms with Gasteiger partial charge in [0.1, 0.15) is 0 Å². The van der Waals surface area contributed by atoms with Crippen LogP contribution in [0.25, 0.3) is 0 Å². The topological polar surface area (TPSA) is 59.3 Å². The van der Waals surface area contributed by atoms with Crippen molar-refractivity contribution < 1.29 is 4.92 Å². The Bertz CT molecular complexity index is 332. The van der Waals surface area contributed by atoms with Crippen LogP contribution >= 0.6 is 0 Å². The maximum atomic E-state index is 10.5. The SMILES string of the molecule is CCCN(CCC)c1ccc([N+](=O)[O-])nc1. The second kappa shape index (κ2) is 6.05. The maximum Gasteiger partial charge on any atom is 0.363 e. The third-order valence-corrected chi connectivity index (χ3v) is 2.27. The molecule has 1 aromatic heterocycles. The van der Waals surface area contributed by atoms with Crippen LogP contribution in [-0.4, -0.2) is 23.0 Å². The molecule has 0 saturated heterocycles. The molecule has 0 aliphatic heterocycles. The molecule has 0 N–H and O–H groups in total. The van der Waals surface area contributed by atoms with Crippen molar-refractivity contribution in [2.45, 2.75) is 26.7 Å². The predicted molar refractivity (Wildman–Crippen MR) is 63.7 cm³/mol. The Kier molecular flexibility index (Phi) is 4.69. The van der Waals surface area contributed by atoms with Crippen molar-refractivity contribution in [2.24, 2.45) is 0 Å². The van der Waals surface area contributed by atoms with Crippen LogP contribution in [0.1, 0.15) is 26.7 Å². The molecule has 88 valence electrons. The van der Waals surface area contributed by atoms with Crippen molar-refractivity contribution in [3.8, 4) is 0 Å². The van der Waals surface area contributed by atoms with Gasteiger partial charge in [0.25, 0.3) is 0 Å². The molecule has 0 fully saturated rings. The first-order valence-corrected chi connectivity index (χ1v) is 5.54. The average Bonchev–Trinajstić information content (AvgIpc) is 2.29. The Morgan fingerprint density at radius 3 is 2.31 bits per heavy atom. The summed E-state index contributed by atoms with van der Waals surface area (Å²) in [5.74, 6) is -0.100. The first-order valence-electron chi connectivity index (χ1n) is 5.54. The Morgan fingerprint density at radius 2 is 1.94 bits per heavy atom. The van der Waals surface area contributed by atoms with Gasteiger partial charge in [0, 0.05) is 19.2 Å². The van der Waals surface area contributed by atoms with Crippen molar-refractivity contribution >= 4 is 11.5 Å². The first-order chi connectivity index (χ1) is 7.69. The fourth-order valence-electron chi connectivity index (χ4n) is 1.58. The zero-order valence-electron chi connectivity index (χ0n) is 9.72. The van der Waals surface area contributed by atoms with Crippen LogP contribution in [0.4, 0.5) is 11.5 Å². The maximum absolute atomic E-state index is 10.5. The molecule has 0 unspecified atom stereocenters. The summed E-state index contributed by atoms with van der Waals surface area (Å²) < 4.78 is 0. The van der Waals surface area contributed by atoms with Crippen molar-refractivity contribution in [3.63, 3.8) is 0 Å². The number of nitrogens with zero attached hydrogens (tertiary/aromatic N) is 3. The molecular formula is C11H17N3O2. The van der Waals surface area contributed by atoms with E-state index < -0.39 is 4.92 Å². The molecular weight excluding hydrogens is 206 g/mol. The van der Waals surface area contributed by atoms with Crippen molar-refractivity contribution in [1.29, 1.82) is 0 Å². The van der Waals surface area contributed by atoms with Crippen LogP contribution in [0.2, 0.25) is 0 Å². The van der Waals surface area contributed by atoms with E-state index in [2.05, 4.69) is 23.7 Å². The summed E-state index contributed by atoms with van der Waals surface area (Å²) in [4.78, 5) is 16.0. The van der Waals surface area contributed by atoms with E-state index >= 15 is 0 Å². The second-order valence-corrected chi connectivity index (χ2v) is 3.62. The van der Waals surface area contributed by atoms with Crippen molar-refractivity contribution in [3.05, 3.63) is 28.4 Å². The number of aromatic nitrogens is 1. The lowest BCUT2D eigenvalue weighted by Crippen LogP contribution is -2.24. The number of anilines is 1. The van der Waals surface area contributed by atoms with Crippen LogP contribution in [0, 0.1) is 10.1 Å². The molecule has 0 atom stereocenters. The van der Waals surface area contributed by atoms with Crippen LogP contribution < -0.4 is 4.90 Å². The minimum Gasteiger partial charge on any atom is -0.369 e. The van der Waals surface area contributed by atoms with E-state index in [0.29, 0.717) is 0 Å². The fourth-order valence-corrected chi connectivity index (χ4v) is 1.58. The summed E-state index contributed by atoms with van der Waals surface area (Å²) in [5.41, 5.74) is 0.953. The highest BCUT2D eigenvalue weighted by molar-refractivity contribution is 5.46. The van der Waals surface area contributed by atoms with Crippen LogP contribution in [0.5, 0.6) is 0 Å². The van der Waals surface area contributed by atoms with E-state index in [1.54, 1.807) is 12.3 Å². The van der Waals surface area contributed by atoms with Gasteiger partial charge in [-0.3, -0.25) is 0 Å². The lowest BCUT2D eigenvalue weighted by Gasteiger charge is -2.22. The van der Waals surface area contributed by atoms with Crippen LogP contribution in [0.3, 0.4) is 0 Å². The van der Waals surface area contributed by atoms with Crippen LogP contribution in [0.15, 0.2) is 18.3 Å². The normalized spacial score (nSPS) is 10.1. The highest BCUT2D eigenvalue weighted by atomic mass is 16.6. The molecule has 0 saturated carbocycles. The van der Waals surface area contributed by atoms with Crippen molar-refractivity contribution in [1.82, 2.24) is 4.98 Å². The Balaban J connectivity index is 2.80. The standard InChI is InChI=1S/C11H17N3O2/c1-3-7-13(8-4-2)10-5-6-11(12-9-10)14(15)16/h5-6,9H,3-4,7-8H2,1-2H3. The van der Waals surface area contributed by atoms with Gasteiger partial charge < -0.3 is 15.0 Å². The summed E-state index contributed by atoms with van der Waals surface area (Å²) in [5, 5.41) is 10.5. The molecule has 0 aliphatic carbocycles. The highest BCUT2D eigenvalue weighted by Crippen LogP contribution is 2.16. The monoisotopic (exact) mass is 223 g/mol. The Labute approximate surface area is 95.3 Å². The van der Waals surface area contributed by atoms with E-state index in [-0.39, 0.29) is 5.82 Å². The minimum absolute atomic E-state index is 0.100. The molecule has 0 radical (unpaired) electrons. The second-order valence-electron chi connectivity index (χ2n) is 3.62. The lowest BCUT2D eigenvalue weighted by atomic mass is 10.3. The van der Waals surface area contributed by atoms with Gasteiger partial charge >= 0.3 is 5.82 Å². The number of nitro groups is 1. The largest absolute Gasteiger partial charge is 0.369 e. The molecule has 0 amide bonds. The zero-order chi connectivity index (χ0) is 12.0. The van der Waals surface area contributed by atoms with Gasteiger partial charge in [-0.05, 0) is 28.8 Å². The number of pyridine rings is 1. The van der Waals surface area contributed by atoms with Gasteiger partial charge in [0.05, 0.1) is 5.69 Å². The quantitative estimate of drug-likeness (QED) is 0.549. The van der Waals surface area contributed by atoms with E-state index in [1.807, 2.05) is 0 Å². The first kappa shape index (κ1) is 12.4. The van der Waals surface area contributed by atoms with Gasteiger partial charge in [-0.1, -0.05) is 13.8 Å². The number of rotatable bonds is 6. The van der Waals surface area contributed by atoms with Gasteiger partial charge in [-0.25, -0.2) is 0 Å². The molecule has 5 nitrogen and oxygen atoms in total. The molecule has 0 bridgehead atoms. The molecule has 0 spiro atoms. The molecule has 5 heteroatoms. The fraction of sp³-hybridized carbons (Fsp3) is 0.545. The van der Waals surface area contributed by atoms with E-state index in [4.69, 9.17) is 0 Å². The van der Waals surface area contributed by atoms with Gasteiger partial charge in [0.15, 0.2) is 6.20 Å². The Morgan fingerprint density at radius 1 is 1.31 bits per heavy atom. The molecule has 1 heterocycles. The van der Waals surface area contributed by atoms with Crippen LogP contribution in [-0.2, 0) is 0 Å². The van der Waals surface area contributed by atoms with E-state index in [0.717, 1.165) is 31.6 Å². The third-order valence-electron chi connectivity index (χ3n) is 2.27. The summed E-state index contributed by atoms with van der Waals surface area (Å²) >= 11 is 0. The zero-order valence-corrected chi connectivity index (χ0v) is 9.72. The minimum atomic E-state index is -0.478. The highest BCUT2D eigenvalue weighted by Gasteiger charge is 2.10. The molecule has 0 aliphatic rings. The third kappa shape index (κ3) is 3.18. The molecule has 1 aromatic rings. The smallest absolute Gasteiger partial charge is 0.363 e. The van der Waals surface area contributed by atoms with Crippen molar-refractivity contribution in [2.75, 3.05) is 18.0 Å². The van der Waals surface area contributed by atoms with E-state index in [1.165, 1.54) is 6.07 Å². The summed E-state index contributed by atoms with van der Waals surface area (Å²) in [6.07, 6.45) is 3.68. The number of hydrogen-bond acceptors (Lipinski definition) is 4. The number of hydrogen-bond donors (Lipinski definition) is 0. The van der Waals surface area contributed by atoms with Gasteiger partial charge in [-0.2, -0.15) is 0 Å². The molecule has 0 aromatic carbocycles. The molecule has 16 heavy (non-hydrogen) atoms. The predicted octanol–water partition coefficient (Wildman–Crippen LogP) is 2.62. The summed E-state index contributed by atoms with van der Waals surface area (Å²) in [7, 11) is 0. The summed E-state index contributed by atoms with van der Waals surface area (Å²) in [6.45, 7) is 6.13.